The second kappa shape index (κ2) is 9.81. The largest absolute Gasteiger partial charge is 0.497 e. The molecule has 0 fully saturated rings. The fourth-order valence-electron chi connectivity index (χ4n) is 3.08. The highest BCUT2D eigenvalue weighted by Gasteiger charge is 2.19. The first kappa shape index (κ1) is 21.9. The number of rotatable bonds is 8. The SMILES string of the molecule is COc1cc(NC(=O)Cn2c(-c3cnccn3)nc(C)c(CCO)c2=O)cc(OC)c1. The molecule has 0 radical (unpaired) electrons. The normalized spacial score (nSPS) is 10.6. The van der Waals surface area contributed by atoms with E-state index in [2.05, 4.69) is 20.3 Å². The van der Waals surface area contributed by atoms with Crippen LogP contribution in [0.1, 0.15) is 11.3 Å². The standard InChI is InChI=1S/C21H23N5O5/c1-13-17(4-7-27)21(29)26(20(24-13)18-11-22-5-6-23-18)12-19(28)25-14-8-15(30-2)10-16(9-14)31-3/h5-6,8-11,27H,4,7,12H2,1-3H3,(H,25,28). The number of carbonyl (C=O) groups excluding carboxylic acids is 1. The summed E-state index contributed by atoms with van der Waals surface area (Å²) in [5.74, 6) is 0.780. The summed E-state index contributed by atoms with van der Waals surface area (Å²) in [6.45, 7) is 1.16. The zero-order valence-corrected chi connectivity index (χ0v) is 17.5. The number of methoxy groups -OCH3 is 2. The minimum absolute atomic E-state index is 0.132. The van der Waals surface area contributed by atoms with E-state index in [0.29, 0.717) is 34.1 Å². The summed E-state index contributed by atoms with van der Waals surface area (Å²) in [4.78, 5) is 38.6. The maximum Gasteiger partial charge on any atom is 0.257 e. The van der Waals surface area contributed by atoms with Crippen molar-refractivity contribution in [3.63, 3.8) is 0 Å². The van der Waals surface area contributed by atoms with Gasteiger partial charge in [-0.05, 0) is 6.92 Å². The van der Waals surface area contributed by atoms with Gasteiger partial charge in [0.15, 0.2) is 5.82 Å². The predicted molar refractivity (Wildman–Crippen MR) is 113 cm³/mol. The maximum absolute atomic E-state index is 13.1. The molecule has 2 aromatic heterocycles. The fraction of sp³-hybridized carbons (Fsp3) is 0.286. The molecule has 0 aliphatic carbocycles. The van der Waals surface area contributed by atoms with Crippen molar-refractivity contribution in [1.29, 1.82) is 0 Å². The number of ether oxygens (including phenoxy) is 2. The number of anilines is 1. The quantitative estimate of drug-likeness (QED) is 0.551. The third kappa shape index (κ3) is 5.04. The summed E-state index contributed by atoms with van der Waals surface area (Å²) >= 11 is 0. The van der Waals surface area contributed by atoms with Gasteiger partial charge in [0.2, 0.25) is 5.91 Å². The summed E-state index contributed by atoms with van der Waals surface area (Å²) < 4.78 is 11.7. The summed E-state index contributed by atoms with van der Waals surface area (Å²) in [6, 6.07) is 4.95. The monoisotopic (exact) mass is 425 g/mol. The zero-order chi connectivity index (χ0) is 22.4. The number of benzene rings is 1. The molecule has 3 aromatic rings. The van der Waals surface area contributed by atoms with E-state index in [1.165, 1.54) is 37.4 Å². The lowest BCUT2D eigenvalue weighted by atomic mass is 10.1. The number of aliphatic hydroxyl groups is 1. The van der Waals surface area contributed by atoms with Crippen LogP contribution in [-0.2, 0) is 17.8 Å². The molecule has 162 valence electrons. The molecule has 0 saturated carbocycles. The van der Waals surface area contributed by atoms with Gasteiger partial charge in [0.1, 0.15) is 23.7 Å². The average molecular weight is 425 g/mol. The van der Waals surface area contributed by atoms with E-state index in [1.54, 1.807) is 25.1 Å². The first-order valence-electron chi connectivity index (χ1n) is 9.47. The van der Waals surface area contributed by atoms with E-state index in [9.17, 15) is 14.7 Å². The van der Waals surface area contributed by atoms with Crippen LogP contribution in [0.3, 0.4) is 0 Å². The molecule has 0 atom stereocenters. The van der Waals surface area contributed by atoms with Crippen LogP contribution in [0.25, 0.3) is 11.5 Å². The molecule has 0 bridgehead atoms. The van der Waals surface area contributed by atoms with Crippen molar-refractivity contribution in [2.75, 3.05) is 26.1 Å². The third-order valence-electron chi connectivity index (χ3n) is 4.56. The summed E-state index contributed by atoms with van der Waals surface area (Å²) in [7, 11) is 3.02. The van der Waals surface area contributed by atoms with Crippen LogP contribution in [0.2, 0.25) is 0 Å². The predicted octanol–water partition coefficient (Wildman–Crippen LogP) is 1.20. The van der Waals surface area contributed by atoms with Gasteiger partial charge in [0, 0.05) is 60.6 Å². The van der Waals surface area contributed by atoms with Gasteiger partial charge in [0.25, 0.3) is 5.56 Å². The van der Waals surface area contributed by atoms with E-state index >= 15 is 0 Å². The van der Waals surface area contributed by atoms with Crippen molar-refractivity contribution in [2.24, 2.45) is 0 Å². The molecule has 1 aromatic carbocycles. The summed E-state index contributed by atoms with van der Waals surface area (Å²) in [6.07, 6.45) is 4.58. The Morgan fingerprint density at radius 1 is 1.16 bits per heavy atom. The van der Waals surface area contributed by atoms with Crippen LogP contribution in [0.15, 0.2) is 41.6 Å². The van der Waals surface area contributed by atoms with Crippen molar-refractivity contribution in [2.45, 2.75) is 19.9 Å². The highest BCUT2D eigenvalue weighted by molar-refractivity contribution is 5.91. The number of nitrogens with one attached hydrogen (secondary N) is 1. The number of hydrogen-bond donors (Lipinski definition) is 2. The Balaban J connectivity index is 1.99. The van der Waals surface area contributed by atoms with E-state index in [1.807, 2.05) is 0 Å². The minimum Gasteiger partial charge on any atom is -0.497 e. The molecule has 3 rings (SSSR count). The molecule has 2 N–H and O–H groups in total. The zero-order valence-electron chi connectivity index (χ0n) is 17.5. The number of nitrogens with zero attached hydrogens (tertiary/aromatic N) is 4. The molecule has 0 aliphatic heterocycles. The average Bonchev–Trinajstić information content (AvgIpc) is 2.78. The lowest BCUT2D eigenvalue weighted by Gasteiger charge is -2.15. The van der Waals surface area contributed by atoms with Crippen LogP contribution in [0.5, 0.6) is 11.5 Å². The van der Waals surface area contributed by atoms with Gasteiger partial charge in [-0.3, -0.25) is 19.1 Å². The Bertz CT molecular complexity index is 1110. The molecule has 0 aliphatic rings. The number of carbonyl (C=O) groups is 1. The summed E-state index contributed by atoms with van der Waals surface area (Å²) in [5, 5.41) is 12.1. The second-order valence-corrected chi connectivity index (χ2v) is 6.60. The topological polar surface area (TPSA) is 128 Å². The third-order valence-corrected chi connectivity index (χ3v) is 4.56. The van der Waals surface area contributed by atoms with Gasteiger partial charge in [-0.15, -0.1) is 0 Å². The number of aliphatic hydroxyl groups excluding tert-OH is 1. The van der Waals surface area contributed by atoms with E-state index in [4.69, 9.17) is 9.47 Å². The van der Waals surface area contributed by atoms with Crippen LogP contribution in [0, 0.1) is 6.92 Å². The first-order chi connectivity index (χ1) is 15.0. The molecule has 0 unspecified atom stereocenters. The summed E-state index contributed by atoms with van der Waals surface area (Å²) in [5.41, 5.74) is 1.19. The molecular formula is C21H23N5O5. The van der Waals surface area contributed by atoms with Crippen LogP contribution in [-0.4, -0.2) is 51.4 Å². The van der Waals surface area contributed by atoms with Gasteiger partial charge in [-0.25, -0.2) is 9.97 Å². The molecule has 10 nitrogen and oxygen atoms in total. The van der Waals surface area contributed by atoms with Gasteiger partial charge < -0.3 is 19.9 Å². The Hall–Kier alpha value is -3.79. The fourth-order valence-corrected chi connectivity index (χ4v) is 3.08. The van der Waals surface area contributed by atoms with Crippen LogP contribution in [0.4, 0.5) is 5.69 Å². The molecule has 10 heteroatoms. The van der Waals surface area contributed by atoms with Gasteiger partial charge in [-0.1, -0.05) is 0 Å². The second-order valence-electron chi connectivity index (χ2n) is 6.60. The Morgan fingerprint density at radius 2 is 1.87 bits per heavy atom. The van der Waals surface area contributed by atoms with E-state index < -0.39 is 11.5 Å². The van der Waals surface area contributed by atoms with E-state index in [0.717, 1.165) is 0 Å². The smallest absolute Gasteiger partial charge is 0.257 e. The highest BCUT2D eigenvalue weighted by Crippen LogP contribution is 2.25. The van der Waals surface area contributed by atoms with E-state index in [-0.39, 0.29) is 25.4 Å². The van der Waals surface area contributed by atoms with Gasteiger partial charge in [0.05, 0.1) is 20.4 Å². The lowest BCUT2D eigenvalue weighted by Crippen LogP contribution is -2.33. The van der Waals surface area contributed by atoms with Crippen LogP contribution >= 0.6 is 0 Å². The molecular weight excluding hydrogens is 402 g/mol. The Labute approximate surface area is 178 Å². The molecule has 0 saturated heterocycles. The Morgan fingerprint density at radius 3 is 2.45 bits per heavy atom. The van der Waals surface area contributed by atoms with Crippen LogP contribution < -0.4 is 20.3 Å². The Kier molecular flexibility index (Phi) is 6.93. The first-order valence-corrected chi connectivity index (χ1v) is 9.47. The van der Waals surface area contributed by atoms with Crippen molar-refractivity contribution in [1.82, 2.24) is 19.5 Å². The van der Waals surface area contributed by atoms with Crippen molar-refractivity contribution < 1.29 is 19.4 Å². The maximum atomic E-state index is 13.1. The number of aromatic nitrogens is 4. The molecule has 0 spiro atoms. The lowest BCUT2D eigenvalue weighted by molar-refractivity contribution is -0.116. The highest BCUT2D eigenvalue weighted by atomic mass is 16.5. The minimum atomic E-state index is -0.455. The van der Waals surface area contributed by atoms with Crippen molar-refractivity contribution in [3.05, 3.63) is 58.4 Å². The number of hydrogen-bond acceptors (Lipinski definition) is 8. The molecule has 1 amide bonds. The number of amides is 1. The van der Waals surface area contributed by atoms with Crippen molar-refractivity contribution >= 4 is 11.6 Å². The van der Waals surface area contributed by atoms with Gasteiger partial charge in [-0.2, -0.15) is 0 Å². The molecule has 31 heavy (non-hydrogen) atoms. The van der Waals surface area contributed by atoms with Gasteiger partial charge >= 0.3 is 0 Å². The number of aryl methyl sites for hydroxylation is 1. The molecule has 2 heterocycles. The van der Waals surface area contributed by atoms with Crippen molar-refractivity contribution in [3.8, 4) is 23.0 Å².